The molecular weight excluding hydrogens is 332 g/mol. The van der Waals surface area contributed by atoms with E-state index in [1.807, 2.05) is 24.3 Å². The second kappa shape index (κ2) is 6.39. The molecule has 0 aliphatic heterocycles. The van der Waals surface area contributed by atoms with E-state index in [0.29, 0.717) is 11.8 Å². The molecule has 1 saturated carbocycles. The molecule has 0 bridgehead atoms. The minimum Gasteiger partial charge on any atom is -0.293 e. The average molecular weight is 349 g/mol. The van der Waals surface area contributed by atoms with Crippen molar-refractivity contribution >= 4 is 27.8 Å². The van der Waals surface area contributed by atoms with Gasteiger partial charge in [0.05, 0.1) is 0 Å². The minimum atomic E-state index is 0.0346. The molecule has 0 unspecified atom stereocenters. The SMILES string of the molecule is O=C(Nc1n[nH]c(-c2ccccc2Br)n1)C1CCCCC1. The Morgan fingerprint density at radius 1 is 1.24 bits per heavy atom. The van der Waals surface area contributed by atoms with Crippen molar-refractivity contribution in [3.8, 4) is 11.4 Å². The van der Waals surface area contributed by atoms with Gasteiger partial charge >= 0.3 is 0 Å². The number of carbonyl (C=O) groups excluding carboxylic acids is 1. The number of halogens is 1. The zero-order chi connectivity index (χ0) is 14.7. The number of hydrogen-bond donors (Lipinski definition) is 2. The Kier molecular flexibility index (Phi) is 4.34. The standard InChI is InChI=1S/C15H17BrN4O/c16-12-9-5-4-8-11(12)13-17-15(20-19-13)18-14(21)10-6-2-1-3-7-10/h4-5,8-10H,1-3,6-7H2,(H2,17,18,19,20,21). The Morgan fingerprint density at radius 2 is 2.00 bits per heavy atom. The second-order valence-corrected chi connectivity index (χ2v) is 6.17. The quantitative estimate of drug-likeness (QED) is 0.887. The molecule has 0 atom stereocenters. The molecule has 2 aromatic rings. The van der Waals surface area contributed by atoms with Crippen LogP contribution in [-0.2, 0) is 4.79 Å². The van der Waals surface area contributed by atoms with Gasteiger partial charge in [-0.1, -0.05) is 53.4 Å². The molecule has 2 N–H and O–H groups in total. The number of rotatable bonds is 3. The van der Waals surface area contributed by atoms with Crippen LogP contribution in [0.2, 0.25) is 0 Å². The molecule has 0 saturated heterocycles. The van der Waals surface area contributed by atoms with Crippen LogP contribution in [0.1, 0.15) is 32.1 Å². The van der Waals surface area contributed by atoms with Gasteiger partial charge in [0, 0.05) is 16.0 Å². The summed E-state index contributed by atoms with van der Waals surface area (Å²) in [6.45, 7) is 0. The molecule has 1 aromatic heterocycles. The molecule has 1 fully saturated rings. The lowest BCUT2D eigenvalue weighted by molar-refractivity contribution is -0.120. The lowest BCUT2D eigenvalue weighted by atomic mass is 9.89. The van der Waals surface area contributed by atoms with Gasteiger partial charge in [-0.25, -0.2) is 0 Å². The van der Waals surface area contributed by atoms with E-state index in [0.717, 1.165) is 35.7 Å². The first-order chi connectivity index (χ1) is 10.2. The zero-order valence-corrected chi connectivity index (χ0v) is 13.2. The van der Waals surface area contributed by atoms with Gasteiger partial charge < -0.3 is 0 Å². The highest BCUT2D eigenvalue weighted by Gasteiger charge is 2.22. The van der Waals surface area contributed by atoms with Crippen molar-refractivity contribution in [2.75, 3.05) is 5.32 Å². The fraction of sp³-hybridized carbons (Fsp3) is 0.400. The van der Waals surface area contributed by atoms with Gasteiger partial charge in [0.25, 0.3) is 0 Å². The first-order valence-corrected chi connectivity index (χ1v) is 8.01. The molecule has 1 amide bonds. The second-order valence-electron chi connectivity index (χ2n) is 5.31. The summed E-state index contributed by atoms with van der Waals surface area (Å²) >= 11 is 3.48. The highest BCUT2D eigenvalue weighted by molar-refractivity contribution is 9.10. The molecule has 110 valence electrons. The van der Waals surface area contributed by atoms with E-state index in [1.54, 1.807) is 0 Å². The molecule has 1 aromatic carbocycles. The maximum absolute atomic E-state index is 12.2. The van der Waals surface area contributed by atoms with Gasteiger partial charge in [-0.2, -0.15) is 4.98 Å². The summed E-state index contributed by atoms with van der Waals surface area (Å²) < 4.78 is 0.936. The van der Waals surface area contributed by atoms with Gasteiger partial charge in [0.1, 0.15) is 0 Å². The Hall–Kier alpha value is -1.69. The Bertz CT molecular complexity index is 634. The fourth-order valence-corrected chi connectivity index (χ4v) is 3.14. The minimum absolute atomic E-state index is 0.0346. The predicted octanol–water partition coefficient (Wildman–Crippen LogP) is 3.75. The van der Waals surface area contributed by atoms with Crippen molar-refractivity contribution in [1.29, 1.82) is 0 Å². The van der Waals surface area contributed by atoms with Crippen LogP contribution >= 0.6 is 15.9 Å². The molecule has 1 aliphatic rings. The Labute approximate surface area is 131 Å². The smallest absolute Gasteiger partial charge is 0.249 e. The molecule has 0 radical (unpaired) electrons. The molecular formula is C15H17BrN4O. The lowest BCUT2D eigenvalue weighted by Gasteiger charge is -2.19. The van der Waals surface area contributed by atoms with E-state index in [1.165, 1.54) is 6.42 Å². The van der Waals surface area contributed by atoms with Crippen molar-refractivity contribution in [3.63, 3.8) is 0 Å². The Morgan fingerprint density at radius 3 is 2.76 bits per heavy atom. The normalized spacial score (nSPS) is 15.9. The molecule has 21 heavy (non-hydrogen) atoms. The topological polar surface area (TPSA) is 70.7 Å². The predicted molar refractivity (Wildman–Crippen MR) is 84.7 cm³/mol. The third-order valence-electron chi connectivity index (χ3n) is 3.83. The summed E-state index contributed by atoms with van der Waals surface area (Å²) in [7, 11) is 0. The molecule has 0 spiro atoms. The van der Waals surface area contributed by atoms with Crippen LogP contribution in [0.3, 0.4) is 0 Å². The van der Waals surface area contributed by atoms with Crippen LogP contribution in [0, 0.1) is 5.92 Å². The summed E-state index contributed by atoms with van der Waals surface area (Å²) in [4.78, 5) is 16.5. The molecule has 5 nitrogen and oxygen atoms in total. The fourth-order valence-electron chi connectivity index (χ4n) is 2.67. The first-order valence-electron chi connectivity index (χ1n) is 7.22. The van der Waals surface area contributed by atoms with E-state index >= 15 is 0 Å². The van der Waals surface area contributed by atoms with Crippen LogP contribution in [0.5, 0.6) is 0 Å². The van der Waals surface area contributed by atoms with Crippen LogP contribution < -0.4 is 5.32 Å². The molecule has 1 heterocycles. The van der Waals surface area contributed by atoms with Crippen LogP contribution in [0.25, 0.3) is 11.4 Å². The number of benzene rings is 1. The summed E-state index contributed by atoms with van der Waals surface area (Å²) in [5.41, 5.74) is 0.920. The summed E-state index contributed by atoms with van der Waals surface area (Å²) in [6, 6.07) is 7.76. The van der Waals surface area contributed by atoms with Crippen LogP contribution in [0.15, 0.2) is 28.7 Å². The number of nitrogens with one attached hydrogen (secondary N) is 2. The van der Waals surface area contributed by atoms with Crippen molar-refractivity contribution < 1.29 is 4.79 Å². The number of H-pyrrole nitrogens is 1. The van der Waals surface area contributed by atoms with Crippen molar-refractivity contribution in [3.05, 3.63) is 28.7 Å². The van der Waals surface area contributed by atoms with Crippen LogP contribution in [-0.4, -0.2) is 21.1 Å². The van der Waals surface area contributed by atoms with E-state index in [2.05, 4.69) is 36.4 Å². The third-order valence-corrected chi connectivity index (χ3v) is 4.52. The van der Waals surface area contributed by atoms with Gasteiger partial charge in [-0.05, 0) is 18.9 Å². The molecule has 1 aliphatic carbocycles. The van der Waals surface area contributed by atoms with Gasteiger partial charge in [-0.15, -0.1) is 5.10 Å². The van der Waals surface area contributed by atoms with E-state index in [9.17, 15) is 4.79 Å². The van der Waals surface area contributed by atoms with Crippen molar-refractivity contribution in [2.45, 2.75) is 32.1 Å². The number of amides is 1. The van der Waals surface area contributed by atoms with Gasteiger partial charge in [0.2, 0.25) is 11.9 Å². The van der Waals surface area contributed by atoms with Gasteiger partial charge in [-0.3, -0.25) is 15.2 Å². The lowest BCUT2D eigenvalue weighted by Crippen LogP contribution is -2.25. The van der Waals surface area contributed by atoms with Crippen molar-refractivity contribution in [2.24, 2.45) is 5.92 Å². The Balaban J connectivity index is 1.70. The number of nitrogens with zero attached hydrogens (tertiary/aromatic N) is 2. The zero-order valence-electron chi connectivity index (χ0n) is 11.6. The van der Waals surface area contributed by atoms with Crippen LogP contribution in [0.4, 0.5) is 5.95 Å². The monoisotopic (exact) mass is 348 g/mol. The number of carbonyl (C=O) groups is 1. The number of aromatic amines is 1. The number of aromatic nitrogens is 3. The highest BCUT2D eigenvalue weighted by atomic mass is 79.9. The van der Waals surface area contributed by atoms with Gasteiger partial charge in [0.15, 0.2) is 5.82 Å². The van der Waals surface area contributed by atoms with E-state index in [-0.39, 0.29) is 11.8 Å². The van der Waals surface area contributed by atoms with E-state index in [4.69, 9.17) is 0 Å². The third kappa shape index (κ3) is 3.32. The molecule has 6 heteroatoms. The maximum atomic E-state index is 12.2. The summed E-state index contributed by atoms with van der Waals surface area (Å²) in [6.07, 6.45) is 5.43. The van der Waals surface area contributed by atoms with E-state index < -0.39 is 0 Å². The summed E-state index contributed by atoms with van der Waals surface area (Å²) in [5, 5.41) is 9.76. The average Bonchev–Trinajstić information content (AvgIpc) is 2.97. The number of anilines is 1. The molecule has 3 rings (SSSR count). The maximum Gasteiger partial charge on any atom is 0.249 e. The number of hydrogen-bond acceptors (Lipinski definition) is 3. The largest absolute Gasteiger partial charge is 0.293 e. The van der Waals surface area contributed by atoms with Crippen molar-refractivity contribution in [1.82, 2.24) is 15.2 Å². The highest BCUT2D eigenvalue weighted by Crippen LogP contribution is 2.27. The summed E-state index contributed by atoms with van der Waals surface area (Å²) in [5.74, 6) is 1.12. The first kappa shape index (κ1) is 14.3.